The Balaban J connectivity index is 2.02. The second kappa shape index (κ2) is 6.85. The lowest BCUT2D eigenvalue weighted by Crippen LogP contribution is -2.49. The molecule has 0 radical (unpaired) electrons. The van der Waals surface area contributed by atoms with Gasteiger partial charge in [0.1, 0.15) is 0 Å². The molecule has 4 nitrogen and oxygen atoms in total. The molecule has 1 heterocycles. The fourth-order valence-corrected chi connectivity index (χ4v) is 2.45. The minimum Gasteiger partial charge on any atom is -0.395 e. The van der Waals surface area contributed by atoms with Gasteiger partial charge in [0.15, 0.2) is 0 Å². The van der Waals surface area contributed by atoms with Gasteiger partial charge in [-0.2, -0.15) is 0 Å². The maximum Gasteiger partial charge on any atom is 0.0929 e. The molecule has 100 valence electrons. The molecule has 1 fully saturated rings. The molecule has 0 spiro atoms. The first-order valence-corrected chi connectivity index (χ1v) is 6.46. The first kappa shape index (κ1) is 13.5. The van der Waals surface area contributed by atoms with Crippen molar-refractivity contribution in [2.45, 2.75) is 25.1 Å². The van der Waals surface area contributed by atoms with Crippen LogP contribution < -0.4 is 0 Å². The molecule has 18 heavy (non-hydrogen) atoms. The molecule has 1 aromatic rings. The lowest BCUT2D eigenvalue weighted by Gasteiger charge is -2.37. The minimum absolute atomic E-state index is 0.0751. The predicted molar refractivity (Wildman–Crippen MR) is 69.2 cm³/mol. The van der Waals surface area contributed by atoms with Crippen molar-refractivity contribution in [2.75, 3.05) is 26.4 Å². The van der Waals surface area contributed by atoms with Crippen molar-refractivity contribution in [3.8, 4) is 0 Å². The van der Waals surface area contributed by atoms with Gasteiger partial charge in [0.05, 0.1) is 19.3 Å². The Bertz CT molecular complexity index is 344. The van der Waals surface area contributed by atoms with E-state index in [1.807, 2.05) is 18.2 Å². The first-order chi connectivity index (χ1) is 8.81. The zero-order chi connectivity index (χ0) is 12.8. The molecule has 4 heteroatoms. The number of benzene rings is 1. The van der Waals surface area contributed by atoms with E-state index in [0.29, 0.717) is 19.8 Å². The summed E-state index contributed by atoms with van der Waals surface area (Å²) in [5, 5.41) is 19.2. The summed E-state index contributed by atoms with van der Waals surface area (Å²) in [7, 11) is 0. The Hall–Kier alpha value is -0.940. The summed E-state index contributed by atoms with van der Waals surface area (Å²) in [6.07, 6.45) is 0.350. The normalized spacial score (nSPS) is 24.4. The smallest absolute Gasteiger partial charge is 0.0929 e. The van der Waals surface area contributed by atoms with Gasteiger partial charge in [-0.1, -0.05) is 30.3 Å². The molecular weight excluding hydrogens is 230 g/mol. The highest BCUT2D eigenvalue weighted by Crippen LogP contribution is 2.17. The van der Waals surface area contributed by atoms with Gasteiger partial charge in [0.2, 0.25) is 0 Å². The van der Waals surface area contributed by atoms with Crippen molar-refractivity contribution in [2.24, 2.45) is 0 Å². The second-order valence-electron chi connectivity index (χ2n) is 4.68. The molecule has 2 unspecified atom stereocenters. The maximum atomic E-state index is 10.00. The Morgan fingerprint density at radius 1 is 1.28 bits per heavy atom. The van der Waals surface area contributed by atoms with Gasteiger partial charge in [-0.25, -0.2) is 0 Å². The highest BCUT2D eigenvalue weighted by molar-refractivity contribution is 5.14. The third-order valence-corrected chi connectivity index (χ3v) is 3.38. The first-order valence-electron chi connectivity index (χ1n) is 6.46. The number of hydrogen-bond acceptors (Lipinski definition) is 4. The van der Waals surface area contributed by atoms with E-state index in [1.165, 1.54) is 5.56 Å². The minimum atomic E-state index is -0.464. The van der Waals surface area contributed by atoms with Crippen molar-refractivity contribution in [1.82, 2.24) is 4.90 Å². The van der Waals surface area contributed by atoms with Crippen LogP contribution in [0.1, 0.15) is 12.0 Å². The fraction of sp³-hybridized carbons (Fsp3) is 0.571. The number of ether oxygens (including phenoxy) is 1. The summed E-state index contributed by atoms with van der Waals surface area (Å²) >= 11 is 0. The van der Waals surface area contributed by atoms with Gasteiger partial charge in [0, 0.05) is 25.7 Å². The average molecular weight is 251 g/mol. The average Bonchev–Trinajstić information content (AvgIpc) is 2.40. The summed E-state index contributed by atoms with van der Waals surface area (Å²) in [4.78, 5) is 2.14. The molecular formula is C14H21NO3. The number of rotatable bonds is 5. The van der Waals surface area contributed by atoms with Gasteiger partial charge in [-0.15, -0.1) is 0 Å². The second-order valence-corrected chi connectivity index (χ2v) is 4.68. The van der Waals surface area contributed by atoms with Crippen LogP contribution in [-0.4, -0.2) is 53.6 Å². The molecule has 2 atom stereocenters. The zero-order valence-electron chi connectivity index (χ0n) is 10.5. The quantitative estimate of drug-likeness (QED) is 0.806. The highest BCUT2D eigenvalue weighted by atomic mass is 16.5. The van der Waals surface area contributed by atoms with Crippen LogP contribution in [0.2, 0.25) is 0 Å². The molecule has 0 saturated carbocycles. The fourth-order valence-electron chi connectivity index (χ4n) is 2.45. The van der Waals surface area contributed by atoms with Crippen molar-refractivity contribution in [3.05, 3.63) is 35.9 Å². The van der Waals surface area contributed by atoms with Gasteiger partial charge < -0.3 is 14.9 Å². The molecule has 0 amide bonds. The topological polar surface area (TPSA) is 52.9 Å². The molecule has 0 aromatic heterocycles. The Morgan fingerprint density at radius 3 is 2.72 bits per heavy atom. The molecule has 0 bridgehead atoms. The van der Waals surface area contributed by atoms with Crippen molar-refractivity contribution in [3.63, 3.8) is 0 Å². The Morgan fingerprint density at radius 2 is 2.06 bits per heavy atom. The summed E-state index contributed by atoms with van der Waals surface area (Å²) < 4.78 is 5.25. The van der Waals surface area contributed by atoms with Crippen LogP contribution in [0.4, 0.5) is 0 Å². The largest absolute Gasteiger partial charge is 0.395 e. The lowest BCUT2D eigenvalue weighted by molar-refractivity contribution is -0.0693. The van der Waals surface area contributed by atoms with Gasteiger partial charge in [-0.05, 0) is 12.0 Å². The lowest BCUT2D eigenvalue weighted by atomic mass is 10.0. The van der Waals surface area contributed by atoms with E-state index in [0.717, 1.165) is 13.0 Å². The molecule has 2 N–H and O–H groups in total. The molecule has 1 saturated heterocycles. The molecule has 0 aliphatic carbocycles. The molecule has 2 rings (SSSR count). The molecule has 1 aliphatic heterocycles. The predicted octanol–water partition coefficient (Wildman–Crippen LogP) is 0.631. The standard InChI is InChI=1S/C14H21NO3/c16-8-7-15(10-12-4-2-1-3-5-12)13-6-9-18-11-14(13)17/h1-5,13-14,16-17H,6-11H2. The van der Waals surface area contributed by atoms with Crippen LogP contribution >= 0.6 is 0 Å². The van der Waals surface area contributed by atoms with E-state index in [4.69, 9.17) is 4.74 Å². The van der Waals surface area contributed by atoms with Crippen LogP contribution in [-0.2, 0) is 11.3 Å². The zero-order valence-corrected chi connectivity index (χ0v) is 10.5. The van der Waals surface area contributed by atoms with Crippen molar-refractivity contribution in [1.29, 1.82) is 0 Å². The van der Waals surface area contributed by atoms with E-state index < -0.39 is 6.10 Å². The van der Waals surface area contributed by atoms with E-state index in [1.54, 1.807) is 0 Å². The molecule has 1 aromatic carbocycles. The third-order valence-electron chi connectivity index (χ3n) is 3.38. The summed E-state index contributed by atoms with van der Waals surface area (Å²) in [5.74, 6) is 0. The molecule has 1 aliphatic rings. The SMILES string of the molecule is OCCN(Cc1ccccc1)C1CCOCC1O. The van der Waals surface area contributed by atoms with Crippen LogP contribution in [0.5, 0.6) is 0 Å². The van der Waals surface area contributed by atoms with Gasteiger partial charge in [-0.3, -0.25) is 4.90 Å². The monoisotopic (exact) mass is 251 g/mol. The summed E-state index contributed by atoms with van der Waals surface area (Å²) in [6, 6.07) is 10.2. The van der Waals surface area contributed by atoms with E-state index in [-0.39, 0.29) is 12.6 Å². The van der Waals surface area contributed by atoms with Crippen LogP contribution in [0, 0.1) is 0 Å². The Labute approximate surface area is 108 Å². The number of hydrogen-bond donors (Lipinski definition) is 2. The Kier molecular flexibility index (Phi) is 5.13. The van der Waals surface area contributed by atoms with E-state index >= 15 is 0 Å². The van der Waals surface area contributed by atoms with Crippen LogP contribution in [0.25, 0.3) is 0 Å². The highest BCUT2D eigenvalue weighted by Gasteiger charge is 2.28. The number of aliphatic hydroxyl groups excluding tert-OH is 2. The summed E-state index contributed by atoms with van der Waals surface area (Å²) in [5.41, 5.74) is 1.20. The van der Waals surface area contributed by atoms with E-state index in [2.05, 4.69) is 17.0 Å². The van der Waals surface area contributed by atoms with Gasteiger partial charge in [0.25, 0.3) is 0 Å². The van der Waals surface area contributed by atoms with Crippen molar-refractivity contribution < 1.29 is 14.9 Å². The van der Waals surface area contributed by atoms with Crippen LogP contribution in [0.15, 0.2) is 30.3 Å². The van der Waals surface area contributed by atoms with Crippen LogP contribution in [0.3, 0.4) is 0 Å². The third kappa shape index (κ3) is 3.53. The number of aliphatic hydroxyl groups is 2. The van der Waals surface area contributed by atoms with Crippen molar-refractivity contribution >= 4 is 0 Å². The van der Waals surface area contributed by atoms with Gasteiger partial charge >= 0.3 is 0 Å². The number of nitrogens with zero attached hydrogens (tertiary/aromatic N) is 1. The van der Waals surface area contributed by atoms with E-state index in [9.17, 15) is 10.2 Å². The maximum absolute atomic E-state index is 10.00. The summed E-state index contributed by atoms with van der Waals surface area (Å²) in [6.45, 7) is 2.51.